The molecule has 1 saturated heterocycles. The number of hydrogen-bond acceptors (Lipinski definition) is 4. The van der Waals surface area contributed by atoms with Crippen LogP contribution >= 0.6 is 15.9 Å². The molecule has 1 fully saturated rings. The predicted molar refractivity (Wildman–Crippen MR) is 106 cm³/mol. The molecule has 2 aromatic rings. The quantitative estimate of drug-likeness (QED) is 0.731. The summed E-state index contributed by atoms with van der Waals surface area (Å²) in [7, 11) is 4.10. The summed E-state index contributed by atoms with van der Waals surface area (Å²) in [6.45, 7) is 1.71. The first-order valence-electron chi connectivity index (χ1n) is 8.88. The largest absolute Gasteiger partial charge is 0.439 e. The molecule has 0 bridgehead atoms. The first-order chi connectivity index (χ1) is 12.5. The van der Waals surface area contributed by atoms with E-state index in [1.54, 1.807) is 18.3 Å². The molecule has 1 amide bonds. The molecule has 26 heavy (non-hydrogen) atoms. The molecular formula is C20H24BrN3O2. The zero-order valence-electron chi connectivity index (χ0n) is 15.2. The van der Waals surface area contributed by atoms with E-state index in [2.05, 4.69) is 25.8 Å². The predicted octanol–water partition coefficient (Wildman–Crippen LogP) is 4.19. The van der Waals surface area contributed by atoms with Gasteiger partial charge in [-0.25, -0.2) is 4.98 Å². The van der Waals surface area contributed by atoms with Gasteiger partial charge in [0.25, 0.3) is 5.91 Å². The average molecular weight is 418 g/mol. The van der Waals surface area contributed by atoms with Crippen molar-refractivity contribution in [1.82, 2.24) is 14.8 Å². The van der Waals surface area contributed by atoms with Crippen LogP contribution in [0, 0.1) is 0 Å². The highest BCUT2D eigenvalue weighted by molar-refractivity contribution is 9.10. The molecule has 1 atom stereocenters. The second-order valence-electron chi connectivity index (χ2n) is 6.85. The maximum Gasteiger partial charge on any atom is 0.255 e. The van der Waals surface area contributed by atoms with E-state index in [1.165, 1.54) is 6.42 Å². The van der Waals surface area contributed by atoms with Crippen LogP contribution < -0.4 is 4.74 Å². The summed E-state index contributed by atoms with van der Waals surface area (Å²) in [5, 5.41) is 0. The fourth-order valence-electron chi connectivity index (χ4n) is 3.26. The Morgan fingerprint density at radius 1 is 1.31 bits per heavy atom. The number of likely N-dealkylation sites (N-methyl/N-ethyl adjacent to an activating group) is 1. The Hall–Kier alpha value is -1.92. The number of likely N-dealkylation sites (tertiary alicyclic amines) is 1. The summed E-state index contributed by atoms with van der Waals surface area (Å²) in [6.07, 6.45) is 4.91. The highest BCUT2D eigenvalue weighted by atomic mass is 79.9. The number of piperidine rings is 1. The van der Waals surface area contributed by atoms with Crippen molar-refractivity contribution in [2.24, 2.45) is 0 Å². The number of carbonyl (C=O) groups is 1. The van der Waals surface area contributed by atoms with Crippen molar-refractivity contribution in [3.05, 3.63) is 52.6 Å². The Kier molecular flexibility index (Phi) is 6.27. The van der Waals surface area contributed by atoms with Gasteiger partial charge in [0.15, 0.2) is 0 Å². The molecule has 0 radical (unpaired) electrons. The van der Waals surface area contributed by atoms with E-state index in [0.29, 0.717) is 17.2 Å². The Bertz CT molecular complexity index is 749. The van der Waals surface area contributed by atoms with Crippen molar-refractivity contribution in [1.29, 1.82) is 0 Å². The SMILES string of the molecule is CN(C)CC1CCCCN1C(=O)c1ccc(Oc2cccc(Br)c2)nc1. The van der Waals surface area contributed by atoms with Crippen molar-refractivity contribution < 1.29 is 9.53 Å². The summed E-state index contributed by atoms with van der Waals surface area (Å²) >= 11 is 3.42. The third-order valence-corrected chi connectivity index (χ3v) is 4.96. The van der Waals surface area contributed by atoms with Gasteiger partial charge in [0.1, 0.15) is 5.75 Å². The van der Waals surface area contributed by atoms with Gasteiger partial charge in [-0.2, -0.15) is 0 Å². The molecule has 1 aromatic carbocycles. The number of benzene rings is 1. The number of aromatic nitrogens is 1. The topological polar surface area (TPSA) is 45.7 Å². The van der Waals surface area contributed by atoms with Gasteiger partial charge in [0.05, 0.1) is 5.56 Å². The van der Waals surface area contributed by atoms with Crippen LogP contribution in [0.3, 0.4) is 0 Å². The number of hydrogen-bond donors (Lipinski definition) is 0. The molecule has 138 valence electrons. The van der Waals surface area contributed by atoms with E-state index < -0.39 is 0 Å². The third kappa shape index (κ3) is 4.83. The van der Waals surface area contributed by atoms with Crippen LogP contribution in [-0.4, -0.2) is 53.9 Å². The number of ether oxygens (including phenoxy) is 1. The van der Waals surface area contributed by atoms with Crippen LogP contribution in [-0.2, 0) is 0 Å². The standard InChI is InChI=1S/C20H24BrN3O2/c1-23(2)14-17-7-3-4-11-24(17)20(25)15-9-10-19(22-13-15)26-18-8-5-6-16(21)12-18/h5-6,8-10,12-13,17H,3-4,7,11,14H2,1-2H3. The molecule has 3 rings (SSSR count). The molecule has 1 unspecified atom stereocenters. The van der Waals surface area contributed by atoms with Crippen molar-refractivity contribution in [3.63, 3.8) is 0 Å². The normalized spacial score (nSPS) is 17.4. The number of pyridine rings is 1. The van der Waals surface area contributed by atoms with Crippen LogP contribution in [0.5, 0.6) is 11.6 Å². The van der Waals surface area contributed by atoms with Crippen molar-refractivity contribution in [3.8, 4) is 11.6 Å². The Balaban J connectivity index is 1.69. The van der Waals surface area contributed by atoms with E-state index in [-0.39, 0.29) is 11.9 Å². The first kappa shape index (κ1) is 18.9. The maximum absolute atomic E-state index is 12.9. The first-order valence-corrected chi connectivity index (χ1v) is 9.67. The van der Waals surface area contributed by atoms with E-state index >= 15 is 0 Å². The Labute approximate surface area is 163 Å². The summed E-state index contributed by atoms with van der Waals surface area (Å²) in [4.78, 5) is 21.4. The fourth-order valence-corrected chi connectivity index (χ4v) is 3.64. The van der Waals surface area contributed by atoms with E-state index in [9.17, 15) is 4.79 Å². The summed E-state index contributed by atoms with van der Waals surface area (Å²) in [5.74, 6) is 1.23. The lowest BCUT2D eigenvalue weighted by atomic mass is 10.0. The van der Waals surface area contributed by atoms with Gasteiger partial charge in [0.2, 0.25) is 5.88 Å². The molecule has 0 aliphatic carbocycles. The van der Waals surface area contributed by atoms with Crippen molar-refractivity contribution in [2.75, 3.05) is 27.2 Å². The third-order valence-electron chi connectivity index (χ3n) is 4.47. The molecule has 0 saturated carbocycles. The van der Waals surface area contributed by atoms with Crippen LogP contribution in [0.15, 0.2) is 47.1 Å². The number of halogens is 1. The van der Waals surface area contributed by atoms with Crippen molar-refractivity contribution in [2.45, 2.75) is 25.3 Å². The summed E-state index contributed by atoms with van der Waals surface area (Å²) < 4.78 is 6.68. The lowest BCUT2D eigenvalue weighted by Crippen LogP contribution is -2.48. The van der Waals surface area contributed by atoms with Gasteiger partial charge in [-0.3, -0.25) is 4.79 Å². The summed E-state index contributed by atoms with van der Waals surface area (Å²) in [6, 6.07) is 11.4. The molecule has 2 heterocycles. The van der Waals surface area contributed by atoms with Crippen LogP contribution in [0.25, 0.3) is 0 Å². The van der Waals surface area contributed by atoms with Crippen LogP contribution in [0.1, 0.15) is 29.6 Å². The van der Waals surface area contributed by atoms with Gasteiger partial charge in [-0.05, 0) is 57.6 Å². The van der Waals surface area contributed by atoms with E-state index in [1.807, 2.05) is 43.3 Å². The fraction of sp³-hybridized carbons (Fsp3) is 0.400. The van der Waals surface area contributed by atoms with Crippen LogP contribution in [0.4, 0.5) is 0 Å². The minimum absolute atomic E-state index is 0.0538. The minimum Gasteiger partial charge on any atom is -0.439 e. The van der Waals surface area contributed by atoms with E-state index in [0.717, 1.165) is 30.4 Å². The van der Waals surface area contributed by atoms with Gasteiger partial charge in [0, 0.05) is 35.9 Å². The monoisotopic (exact) mass is 417 g/mol. The second kappa shape index (κ2) is 8.64. The molecule has 1 aromatic heterocycles. The zero-order chi connectivity index (χ0) is 18.5. The lowest BCUT2D eigenvalue weighted by molar-refractivity contribution is 0.0574. The van der Waals surface area contributed by atoms with Crippen LogP contribution in [0.2, 0.25) is 0 Å². The Morgan fingerprint density at radius 2 is 2.15 bits per heavy atom. The highest BCUT2D eigenvalue weighted by Crippen LogP contribution is 2.24. The van der Waals surface area contributed by atoms with Gasteiger partial charge < -0.3 is 14.5 Å². The molecule has 1 aliphatic rings. The number of carbonyl (C=O) groups excluding carboxylic acids is 1. The highest BCUT2D eigenvalue weighted by Gasteiger charge is 2.27. The second-order valence-corrected chi connectivity index (χ2v) is 7.77. The number of amides is 1. The molecule has 5 nitrogen and oxygen atoms in total. The summed E-state index contributed by atoms with van der Waals surface area (Å²) in [5.41, 5.74) is 0.609. The molecule has 6 heteroatoms. The number of rotatable bonds is 5. The molecule has 1 aliphatic heterocycles. The number of nitrogens with zero attached hydrogens (tertiary/aromatic N) is 3. The van der Waals surface area contributed by atoms with E-state index in [4.69, 9.17) is 4.74 Å². The molecular weight excluding hydrogens is 394 g/mol. The van der Waals surface area contributed by atoms with Gasteiger partial charge in [-0.1, -0.05) is 22.0 Å². The van der Waals surface area contributed by atoms with Crippen molar-refractivity contribution >= 4 is 21.8 Å². The zero-order valence-corrected chi connectivity index (χ0v) is 16.8. The minimum atomic E-state index is 0.0538. The van der Waals surface area contributed by atoms with Gasteiger partial charge >= 0.3 is 0 Å². The maximum atomic E-state index is 12.9. The Morgan fingerprint density at radius 3 is 2.85 bits per heavy atom. The molecule has 0 spiro atoms. The van der Waals surface area contributed by atoms with Gasteiger partial charge in [-0.15, -0.1) is 0 Å². The average Bonchev–Trinajstić information content (AvgIpc) is 2.62. The smallest absolute Gasteiger partial charge is 0.255 e. The molecule has 0 N–H and O–H groups in total. The lowest BCUT2D eigenvalue weighted by Gasteiger charge is -2.37.